The Hall–Kier alpha value is -3.00. The summed E-state index contributed by atoms with van der Waals surface area (Å²) < 4.78 is 9.45. The number of hydrogen-bond donors (Lipinski definition) is 1. The molecule has 0 fully saturated rings. The second-order valence-corrected chi connectivity index (χ2v) is 6.76. The Labute approximate surface area is 157 Å². The third-order valence-corrected chi connectivity index (χ3v) is 4.78. The summed E-state index contributed by atoms with van der Waals surface area (Å²) in [5.74, 6) is 0.445. The molecule has 0 bridgehead atoms. The molecule has 0 saturated heterocycles. The van der Waals surface area contributed by atoms with Gasteiger partial charge in [-0.2, -0.15) is 5.10 Å². The van der Waals surface area contributed by atoms with Gasteiger partial charge in [-0.15, -0.1) is 10.2 Å². The van der Waals surface area contributed by atoms with Crippen LogP contribution in [-0.4, -0.2) is 36.6 Å². The van der Waals surface area contributed by atoms with Crippen LogP contribution in [0.5, 0.6) is 0 Å². The van der Waals surface area contributed by atoms with Crippen molar-refractivity contribution in [1.82, 2.24) is 29.9 Å². The lowest BCUT2D eigenvalue weighted by atomic mass is 9.99. The average Bonchev–Trinajstić information content (AvgIpc) is 3.25. The molecule has 0 saturated carbocycles. The van der Waals surface area contributed by atoms with Crippen LogP contribution in [0.2, 0.25) is 0 Å². The van der Waals surface area contributed by atoms with Crippen molar-refractivity contribution >= 4 is 5.91 Å². The van der Waals surface area contributed by atoms with Gasteiger partial charge in [-0.05, 0) is 26.0 Å². The fraction of sp³-hybridized carbons (Fsp3) is 0.368. The number of para-hydroxylation sites is 1. The number of rotatable bonds is 4. The number of nitrogens with zero attached hydrogens (tertiary/aromatic N) is 5. The van der Waals surface area contributed by atoms with E-state index >= 15 is 0 Å². The highest BCUT2D eigenvalue weighted by Gasteiger charge is 2.31. The van der Waals surface area contributed by atoms with Crippen LogP contribution in [0.3, 0.4) is 0 Å². The molecule has 2 aromatic heterocycles. The van der Waals surface area contributed by atoms with Crippen molar-refractivity contribution in [2.24, 2.45) is 7.05 Å². The standard InChI is InChI=1S/C19H22N6O2/c1-12-9-15-17(23-24(3)18(15)13(2)27-12)19(26)20-10-16-22-21-11-25(16)14-7-5-4-6-8-14/h4-8,11-13H,9-10H2,1-3H3,(H,20,26)/t12-,13+/m1/s1. The third kappa shape index (κ3) is 3.23. The highest BCUT2D eigenvalue weighted by molar-refractivity contribution is 5.94. The smallest absolute Gasteiger partial charge is 0.272 e. The average molecular weight is 366 g/mol. The van der Waals surface area contributed by atoms with Crippen molar-refractivity contribution in [3.05, 3.63) is 59.4 Å². The maximum absolute atomic E-state index is 12.8. The minimum Gasteiger partial charge on any atom is -0.369 e. The molecule has 4 rings (SSSR count). The molecule has 3 aromatic rings. The second kappa shape index (κ2) is 6.96. The maximum atomic E-state index is 12.8. The first-order valence-corrected chi connectivity index (χ1v) is 8.98. The Bertz CT molecular complexity index is 962. The Morgan fingerprint density at radius 2 is 2.07 bits per heavy atom. The zero-order valence-corrected chi connectivity index (χ0v) is 15.6. The van der Waals surface area contributed by atoms with Crippen LogP contribution in [-0.2, 0) is 24.8 Å². The molecule has 1 aromatic carbocycles. The van der Waals surface area contributed by atoms with Gasteiger partial charge in [-0.1, -0.05) is 18.2 Å². The SMILES string of the molecule is C[C@@H]1Cc2c(C(=O)NCc3nncn3-c3ccccc3)nn(C)c2[C@H](C)O1. The van der Waals surface area contributed by atoms with Crippen LogP contribution >= 0.6 is 0 Å². The molecular formula is C19H22N6O2. The molecule has 1 amide bonds. The number of aromatic nitrogens is 5. The molecule has 1 aliphatic heterocycles. The fourth-order valence-corrected chi connectivity index (χ4v) is 3.65. The molecule has 27 heavy (non-hydrogen) atoms. The van der Waals surface area contributed by atoms with Gasteiger partial charge in [0.2, 0.25) is 0 Å². The van der Waals surface area contributed by atoms with Crippen molar-refractivity contribution < 1.29 is 9.53 Å². The lowest BCUT2D eigenvalue weighted by Gasteiger charge is -2.26. The van der Waals surface area contributed by atoms with Crippen LogP contribution in [0.1, 0.15) is 47.5 Å². The van der Waals surface area contributed by atoms with Crippen LogP contribution in [0.4, 0.5) is 0 Å². The quantitative estimate of drug-likeness (QED) is 0.763. The van der Waals surface area contributed by atoms with Crippen LogP contribution in [0.15, 0.2) is 36.7 Å². The summed E-state index contributed by atoms with van der Waals surface area (Å²) >= 11 is 0. The van der Waals surface area contributed by atoms with Crippen LogP contribution in [0.25, 0.3) is 5.69 Å². The number of fused-ring (bicyclic) bond motifs is 1. The summed E-state index contributed by atoms with van der Waals surface area (Å²) in [7, 11) is 1.84. The normalized spacial score (nSPS) is 18.9. The van der Waals surface area contributed by atoms with E-state index in [0.29, 0.717) is 17.9 Å². The zero-order chi connectivity index (χ0) is 19.0. The van der Waals surface area contributed by atoms with E-state index in [1.807, 2.05) is 55.8 Å². The molecule has 8 heteroatoms. The first-order chi connectivity index (χ1) is 13.0. The van der Waals surface area contributed by atoms with E-state index in [1.165, 1.54) is 0 Å². The summed E-state index contributed by atoms with van der Waals surface area (Å²) in [6.07, 6.45) is 2.30. The first kappa shape index (κ1) is 17.4. The third-order valence-electron chi connectivity index (χ3n) is 4.78. The van der Waals surface area contributed by atoms with Crippen LogP contribution in [0, 0.1) is 0 Å². The highest BCUT2D eigenvalue weighted by Crippen LogP contribution is 2.31. The minimum absolute atomic E-state index is 0.0597. The number of ether oxygens (including phenoxy) is 1. The molecule has 0 aliphatic carbocycles. The van der Waals surface area contributed by atoms with Crippen molar-refractivity contribution in [3.63, 3.8) is 0 Å². The molecule has 1 aliphatic rings. The van der Waals surface area contributed by atoms with Gasteiger partial charge in [0.1, 0.15) is 6.33 Å². The van der Waals surface area contributed by atoms with E-state index in [2.05, 4.69) is 20.6 Å². The Morgan fingerprint density at radius 3 is 2.85 bits per heavy atom. The fourth-order valence-electron chi connectivity index (χ4n) is 3.65. The molecule has 0 spiro atoms. The molecule has 140 valence electrons. The van der Waals surface area contributed by atoms with Gasteiger partial charge in [-0.25, -0.2) is 0 Å². The van der Waals surface area contributed by atoms with Gasteiger partial charge in [0.05, 0.1) is 24.4 Å². The molecule has 1 N–H and O–H groups in total. The van der Waals surface area contributed by atoms with Gasteiger partial charge >= 0.3 is 0 Å². The van der Waals surface area contributed by atoms with E-state index in [9.17, 15) is 4.79 Å². The Balaban J connectivity index is 1.54. The number of aryl methyl sites for hydroxylation is 1. The molecule has 8 nitrogen and oxygen atoms in total. The molecule has 2 atom stereocenters. The summed E-state index contributed by atoms with van der Waals surface area (Å²) in [5, 5.41) is 15.5. The number of amides is 1. The molecule has 0 radical (unpaired) electrons. The van der Waals surface area contributed by atoms with Crippen LogP contribution < -0.4 is 5.32 Å². The van der Waals surface area contributed by atoms with E-state index in [4.69, 9.17) is 4.74 Å². The Morgan fingerprint density at radius 1 is 1.30 bits per heavy atom. The summed E-state index contributed by atoms with van der Waals surface area (Å²) in [5.41, 5.74) is 3.33. The van der Waals surface area contributed by atoms with Crippen molar-refractivity contribution in [3.8, 4) is 5.69 Å². The maximum Gasteiger partial charge on any atom is 0.272 e. The number of carbonyl (C=O) groups excluding carboxylic acids is 1. The van der Waals surface area contributed by atoms with Gasteiger partial charge in [0.15, 0.2) is 11.5 Å². The van der Waals surface area contributed by atoms with E-state index in [0.717, 1.165) is 16.9 Å². The highest BCUT2D eigenvalue weighted by atomic mass is 16.5. The molecule has 0 unspecified atom stereocenters. The summed E-state index contributed by atoms with van der Waals surface area (Å²) in [6.45, 7) is 4.26. The lowest BCUT2D eigenvalue weighted by Crippen LogP contribution is -2.28. The monoisotopic (exact) mass is 366 g/mol. The van der Waals surface area contributed by atoms with E-state index < -0.39 is 0 Å². The predicted octanol–water partition coefficient (Wildman–Crippen LogP) is 1.95. The van der Waals surface area contributed by atoms with Crippen molar-refractivity contribution in [1.29, 1.82) is 0 Å². The van der Waals surface area contributed by atoms with Crippen molar-refractivity contribution in [2.75, 3.05) is 0 Å². The number of carbonyl (C=O) groups is 1. The van der Waals surface area contributed by atoms with E-state index in [1.54, 1.807) is 11.0 Å². The van der Waals surface area contributed by atoms with Gasteiger partial charge in [-0.3, -0.25) is 14.0 Å². The number of nitrogens with one attached hydrogen (secondary N) is 1. The Kier molecular flexibility index (Phi) is 4.49. The zero-order valence-electron chi connectivity index (χ0n) is 15.6. The number of benzene rings is 1. The van der Waals surface area contributed by atoms with Gasteiger partial charge < -0.3 is 10.1 Å². The predicted molar refractivity (Wildman–Crippen MR) is 98.4 cm³/mol. The molecule has 3 heterocycles. The largest absolute Gasteiger partial charge is 0.369 e. The summed E-state index contributed by atoms with van der Waals surface area (Å²) in [6, 6.07) is 9.77. The van der Waals surface area contributed by atoms with Gasteiger partial charge in [0.25, 0.3) is 5.91 Å². The van der Waals surface area contributed by atoms with Gasteiger partial charge in [0, 0.05) is 24.7 Å². The second-order valence-electron chi connectivity index (χ2n) is 6.76. The minimum atomic E-state index is -0.212. The number of hydrogen-bond acceptors (Lipinski definition) is 5. The lowest BCUT2D eigenvalue weighted by molar-refractivity contribution is -0.00903. The summed E-state index contributed by atoms with van der Waals surface area (Å²) in [4.78, 5) is 12.8. The van der Waals surface area contributed by atoms with E-state index in [-0.39, 0.29) is 24.7 Å². The van der Waals surface area contributed by atoms with Crippen molar-refractivity contribution in [2.45, 2.75) is 39.0 Å². The molecular weight excluding hydrogens is 344 g/mol. The first-order valence-electron chi connectivity index (χ1n) is 8.98. The topological polar surface area (TPSA) is 86.9 Å².